The zero-order valence-electron chi connectivity index (χ0n) is 11.6. The van der Waals surface area contributed by atoms with Gasteiger partial charge in [-0.2, -0.15) is 0 Å². The fourth-order valence-electron chi connectivity index (χ4n) is 2.14. The van der Waals surface area contributed by atoms with E-state index in [2.05, 4.69) is 16.5 Å². The Bertz CT molecular complexity index is 490. The van der Waals surface area contributed by atoms with E-state index < -0.39 is 11.0 Å². The van der Waals surface area contributed by atoms with E-state index in [1.165, 1.54) is 0 Å². The lowest BCUT2D eigenvalue weighted by atomic mass is 10.0. The van der Waals surface area contributed by atoms with Gasteiger partial charge >= 0.3 is 0 Å². The van der Waals surface area contributed by atoms with Crippen LogP contribution in [0.1, 0.15) is 38.8 Å². The van der Waals surface area contributed by atoms with Gasteiger partial charge < -0.3 is 0 Å². The van der Waals surface area contributed by atoms with Crippen molar-refractivity contribution in [2.24, 2.45) is 0 Å². The van der Waals surface area contributed by atoms with Gasteiger partial charge in [0.15, 0.2) is 0 Å². The molecule has 4 heteroatoms. The predicted molar refractivity (Wildman–Crippen MR) is 82.6 cm³/mol. The average Bonchev–Trinajstić information content (AvgIpc) is 2.38. The summed E-state index contributed by atoms with van der Waals surface area (Å²) in [6.45, 7) is 6.87. The van der Waals surface area contributed by atoms with Gasteiger partial charge in [-0.05, 0) is 44.9 Å². The first-order chi connectivity index (χ1) is 8.89. The second-order valence-corrected chi connectivity index (χ2v) is 8.34. The molecular weight excluding hydrogens is 278 g/mol. The van der Waals surface area contributed by atoms with E-state index in [0.717, 1.165) is 23.6 Å². The highest BCUT2D eigenvalue weighted by Crippen LogP contribution is 2.31. The quantitative estimate of drug-likeness (QED) is 0.753. The van der Waals surface area contributed by atoms with E-state index in [1.54, 1.807) is 0 Å². The average molecular weight is 298 g/mol. The van der Waals surface area contributed by atoms with Gasteiger partial charge in [-0.3, -0.25) is 0 Å². The Morgan fingerprint density at radius 3 is 2.47 bits per heavy atom. The minimum Gasteiger partial charge on any atom is -0.242 e. The summed E-state index contributed by atoms with van der Waals surface area (Å²) in [4.78, 5) is 0. The van der Waals surface area contributed by atoms with Crippen LogP contribution in [0.2, 0.25) is 5.02 Å². The fraction of sp³-hybridized carbons (Fsp3) is 0.467. The van der Waals surface area contributed by atoms with Gasteiger partial charge in [0.2, 0.25) is 0 Å². The molecule has 19 heavy (non-hydrogen) atoms. The molecule has 1 heterocycles. The molecule has 0 saturated heterocycles. The summed E-state index contributed by atoms with van der Waals surface area (Å²) >= 11 is 5.93. The number of rotatable bonds is 2. The summed E-state index contributed by atoms with van der Waals surface area (Å²) in [6.07, 6.45) is 5.25. The van der Waals surface area contributed by atoms with Crippen molar-refractivity contribution in [2.75, 3.05) is 6.54 Å². The molecule has 1 aliphatic heterocycles. The highest BCUT2D eigenvalue weighted by atomic mass is 35.5. The maximum absolute atomic E-state index is 12.6. The molecular formula is C15H20ClNOS. The van der Waals surface area contributed by atoms with E-state index >= 15 is 0 Å². The zero-order chi connectivity index (χ0) is 14.0. The lowest BCUT2D eigenvalue weighted by Crippen LogP contribution is -2.41. The Morgan fingerprint density at radius 1 is 1.26 bits per heavy atom. The third kappa shape index (κ3) is 3.47. The molecule has 2 nitrogen and oxygen atoms in total. The molecule has 1 unspecified atom stereocenters. The third-order valence-corrected chi connectivity index (χ3v) is 5.23. The largest absolute Gasteiger partial charge is 0.242 e. The fourth-order valence-corrected chi connectivity index (χ4v) is 3.64. The van der Waals surface area contributed by atoms with Crippen molar-refractivity contribution in [3.05, 3.63) is 47.0 Å². The monoisotopic (exact) mass is 297 g/mol. The molecule has 2 atom stereocenters. The number of halogens is 1. The third-order valence-electron chi connectivity index (χ3n) is 3.09. The van der Waals surface area contributed by atoms with Gasteiger partial charge in [-0.15, -0.1) is 0 Å². The number of hydrogen-bond acceptors (Lipinski definition) is 1. The molecule has 104 valence electrons. The van der Waals surface area contributed by atoms with Crippen LogP contribution < -0.4 is 0 Å². The van der Waals surface area contributed by atoms with E-state index in [-0.39, 0.29) is 10.8 Å². The highest BCUT2D eigenvalue weighted by Gasteiger charge is 2.32. The molecule has 0 fully saturated rings. The van der Waals surface area contributed by atoms with Crippen LogP contribution in [0, 0.1) is 0 Å². The van der Waals surface area contributed by atoms with Crippen LogP contribution in [0.3, 0.4) is 0 Å². The van der Waals surface area contributed by atoms with Crippen LogP contribution in [0.25, 0.3) is 0 Å². The summed E-state index contributed by atoms with van der Waals surface area (Å²) in [6, 6.07) is 7.87. The molecule has 0 radical (unpaired) electrons. The second kappa shape index (κ2) is 5.78. The van der Waals surface area contributed by atoms with Gasteiger partial charge in [0.05, 0.1) is 10.8 Å². The maximum atomic E-state index is 12.6. The Hall–Kier alpha value is -0.640. The summed E-state index contributed by atoms with van der Waals surface area (Å²) in [7, 11) is -1.01. The number of hydrogen-bond donors (Lipinski definition) is 0. The van der Waals surface area contributed by atoms with Crippen LogP contribution in [0.15, 0.2) is 36.4 Å². The normalized spacial score (nSPS) is 22.4. The molecule has 0 aromatic heterocycles. The Labute approximate surface area is 123 Å². The molecule has 2 rings (SSSR count). The second-order valence-electron chi connectivity index (χ2n) is 5.72. The summed E-state index contributed by atoms with van der Waals surface area (Å²) in [5, 5.41) is 0.729. The van der Waals surface area contributed by atoms with Crippen LogP contribution >= 0.6 is 11.6 Å². The Morgan fingerprint density at radius 2 is 1.89 bits per heavy atom. The first-order valence-corrected chi connectivity index (χ1v) is 7.99. The van der Waals surface area contributed by atoms with Gasteiger partial charge in [0, 0.05) is 11.6 Å². The zero-order valence-corrected chi connectivity index (χ0v) is 13.2. The van der Waals surface area contributed by atoms with Gasteiger partial charge in [0.25, 0.3) is 0 Å². The topological polar surface area (TPSA) is 20.3 Å². The molecule has 0 N–H and O–H groups in total. The van der Waals surface area contributed by atoms with Crippen molar-refractivity contribution in [3.63, 3.8) is 0 Å². The van der Waals surface area contributed by atoms with Crippen molar-refractivity contribution >= 4 is 22.6 Å². The lowest BCUT2D eigenvalue weighted by Gasteiger charge is -2.35. The van der Waals surface area contributed by atoms with Gasteiger partial charge in [-0.25, -0.2) is 8.51 Å². The Kier molecular flexibility index (Phi) is 4.49. The molecule has 0 saturated carbocycles. The van der Waals surface area contributed by atoms with E-state index in [0.29, 0.717) is 0 Å². The molecule has 0 aliphatic carbocycles. The van der Waals surface area contributed by atoms with Crippen molar-refractivity contribution < 1.29 is 4.21 Å². The SMILES string of the molecule is CC(C)(C)S(=O)N1CCC=C[C@H]1c1ccc(Cl)cc1. The number of nitrogens with zero attached hydrogens (tertiary/aromatic N) is 1. The van der Waals surface area contributed by atoms with Crippen LogP contribution in [-0.4, -0.2) is 19.8 Å². The highest BCUT2D eigenvalue weighted by molar-refractivity contribution is 7.84. The van der Waals surface area contributed by atoms with E-state index in [4.69, 9.17) is 11.6 Å². The van der Waals surface area contributed by atoms with E-state index in [1.807, 2.05) is 45.0 Å². The summed E-state index contributed by atoms with van der Waals surface area (Å²) < 4.78 is 14.5. The van der Waals surface area contributed by atoms with Crippen LogP contribution in [-0.2, 0) is 11.0 Å². The van der Waals surface area contributed by atoms with Crippen LogP contribution in [0.5, 0.6) is 0 Å². The molecule has 1 aliphatic rings. The van der Waals surface area contributed by atoms with Crippen molar-refractivity contribution in [1.29, 1.82) is 0 Å². The van der Waals surface area contributed by atoms with Crippen molar-refractivity contribution in [2.45, 2.75) is 38.0 Å². The minimum absolute atomic E-state index is 0.0751. The first kappa shape index (κ1) is 14.8. The summed E-state index contributed by atoms with van der Waals surface area (Å²) in [5.41, 5.74) is 1.14. The van der Waals surface area contributed by atoms with Crippen LogP contribution in [0.4, 0.5) is 0 Å². The smallest absolute Gasteiger partial charge is 0.101 e. The molecule has 0 spiro atoms. The molecule has 0 amide bonds. The summed E-state index contributed by atoms with van der Waals surface area (Å²) in [5.74, 6) is 0. The van der Waals surface area contributed by atoms with Crippen molar-refractivity contribution in [3.8, 4) is 0 Å². The maximum Gasteiger partial charge on any atom is 0.101 e. The standard InChI is InChI=1S/C15H20ClNOS/c1-15(2,3)19(18)17-11-5-4-6-14(17)12-7-9-13(16)10-8-12/h4,6-10,14H,5,11H2,1-3H3/t14-,19?/m0/s1. The minimum atomic E-state index is -1.01. The van der Waals surface area contributed by atoms with Gasteiger partial charge in [0.1, 0.15) is 11.0 Å². The number of benzene rings is 1. The molecule has 1 aromatic rings. The molecule has 0 bridgehead atoms. The van der Waals surface area contributed by atoms with E-state index in [9.17, 15) is 4.21 Å². The first-order valence-electron chi connectivity index (χ1n) is 6.50. The van der Waals surface area contributed by atoms with Gasteiger partial charge in [-0.1, -0.05) is 35.9 Å². The lowest BCUT2D eigenvalue weighted by molar-refractivity contribution is 0.375. The molecule has 1 aromatic carbocycles. The van der Waals surface area contributed by atoms with Crippen molar-refractivity contribution in [1.82, 2.24) is 4.31 Å². The predicted octanol–water partition coefficient (Wildman–Crippen LogP) is 4.11. The Balaban J connectivity index is 2.30.